The van der Waals surface area contributed by atoms with Gasteiger partial charge in [-0.25, -0.2) is 9.97 Å². The number of aromatic amines is 1. The van der Waals surface area contributed by atoms with Gasteiger partial charge >= 0.3 is 0 Å². The second kappa shape index (κ2) is 9.21. The normalized spacial score (nSPS) is 15.8. The zero-order valence-electron chi connectivity index (χ0n) is 20.0. The van der Waals surface area contributed by atoms with Crippen LogP contribution in [0.1, 0.15) is 54.1 Å². The molecule has 3 heterocycles. The first-order valence-electron chi connectivity index (χ1n) is 11.4. The van der Waals surface area contributed by atoms with Gasteiger partial charge in [-0.2, -0.15) is 0 Å². The van der Waals surface area contributed by atoms with Gasteiger partial charge in [-0.15, -0.1) is 0 Å². The molecule has 4 rings (SSSR count). The van der Waals surface area contributed by atoms with E-state index in [4.69, 9.17) is 4.98 Å². The lowest BCUT2D eigenvalue weighted by molar-refractivity contribution is -0.130. The molecule has 1 aliphatic heterocycles. The van der Waals surface area contributed by atoms with Crippen molar-refractivity contribution < 1.29 is 9.59 Å². The number of hydrogen-bond acceptors (Lipinski definition) is 5. The minimum Gasteiger partial charge on any atom is -0.373 e. The number of carbonyl (C=O) groups excluding carboxylic acids is 2. The minimum absolute atomic E-state index is 0.0258. The highest BCUT2D eigenvalue weighted by atomic mass is 16.2. The second-order valence-corrected chi connectivity index (χ2v) is 8.93. The monoisotopic (exact) mass is 448 g/mol. The average Bonchev–Trinajstić information content (AvgIpc) is 3.39. The number of carbonyl (C=O) groups is 2. The van der Waals surface area contributed by atoms with Gasteiger partial charge in [-0.3, -0.25) is 9.59 Å². The van der Waals surface area contributed by atoms with Crippen molar-refractivity contribution >= 4 is 28.5 Å². The van der Waals surface area contributed by atoms with Crippen molar-refractivity contribution in [3.8, 4) is 0 Å². The molecule has 0 radical (unpaired) electrons. The van der Waals surface area contributed by atoms with Crippen LogP contribution in [0, 0.1) is 13.8 Å². The van der Waals surface area contributed by atoms with Crippen LogP contribution in [0.2, 0.25) is 0 Å². The number of H-pyrrole nitrogens is 1. The zero-order valence-corrected chi connectivity index (χ0v) is 20.0. The number of hydrogen-bond donors (Lipinski definition) is 2. The minimum atomic E-state index is -0.118. The van der Waals surface area contributed by atoms with Crippen LogP contribution in [-0.4, -0.2) is 57.2 Å². The van der Waals surface area contributed by atoms with E-state index in [9.17, 15) is 9.59 Å². The van der Waals surface area contributed by atoms with Crippen molar-refractivity contribution in [2.24, 2.45) is 0 Å². The molecular formula is C25H32N6O2. The van der Waals surface area contributed by atoms with Gasteiger partial charge in [0, 0.05) is 50.2 Å². The molecule has 0 saturated carbocycles. The van der Waals surface area contributed by atoms with E-state index >= 15 is 0 Å². The number of nitrogens with one attached hydrogen (secondary N) is 2. The number of benzene rings is 1. The van der Waals surface area contributed by atoms with Crippen LogP contribution in [0.15, 0.2) is 24.3 Å². The SMILES string of the molecule is CNc1cc(CN(C)C(=O)Cc2c(C)[nH]c3ccc(C)cc23)nc(C2CCCN2C(C)=O)n1. The summed E-state index contributed by atoms with van der Waals surface area (Å²) in [4.78, 5) is 41.4. The van der Waals surface area contributed by atoms with E-state index in [0.717, 1.165) is 47.2 Å². The quantitative estimate of drug-likeness (QED) is 0.602. The molecule has 1 aliphatic rings. The Morgan fingerprint density at radius 1 is 1.24 bits per heavy atom. The Kier molecular flexibility index (Phi) is 6.35. The van der Waals surface area contributed by atoms with Gasteiger partial charge in [0.05, 0.1) is 24.7 Å². The molecule has 0 bridgehead atoms. The number of aromatic nitrogens is 3. The van der Waals surface area contributed by atoms with Crippen LogP contribution in [0.3, 0.4) is 0 Å². The van der Waals surface area contributed by atoms with Crippen molar-refractivity contribution in [3.05, 3.63) is 52.6 Å². The zero-order chi connectivity index (χ0) is 23.7. The topological polar surface area (TPSA) is 94.2 Å². The Hall–Kier alpha value is -3.42. The van der Waals surface area contributed by atoms with Crippen LogP contribution in [-0.2, 0) is 22.6 Å². The standard InChI is InChI=1S/C25H32N6O2/c1-15-8-9-21-20(11-15)19(16(2)27-21)13-24(33)30(5)14-18-12-23(26-4)29-25(28-18)22-7-6-10-31(22)17(3)32/h8-9,11-12,22,27H,6-7,10,13-14H2,1-5H3,(H,26,28,29). The molecule has 1 unspecified atom stereocenters. The lowest BCUT2D eigenvalue weighted by Crippen LogP contribution is -2.31. The van der Waals surface area contributed by atoms with Gasteiger partial charge in [0.2, 0.25) is 11.8 Å². The fraction of sp³-hybridized carbons (Fsp3) is 0.440. The first-order chi connectivity index (χ1) is 15.8. The highest BCUT2D eigenvalue weighted by Crippen LogP contribution is 2.31. The summed E-state index contributed by atoms with van der Waals surface area (Å²) in [6.07, 6.45) is 2.11. The van der Waals surface area contributed by atoms with Crippen LogP contribution < -0.4 is 5.32 Å². The number of likely N-dealkylation sites (N-methyl/N-ethyl adjacent to an activating group) is 1. The molecule has 1 atom stereocenters. The second-order valence-electron chi connectivity index (χ2n) is 8.93. The van der Waals surface area contributed by atoms with Crippen LogP contribution in [0.4, 0.5) is 5.82 Å². The van der Waals surface area contributed by atoms with Gasteiger partial charge in [-0.1, -0.05) is 11.6 Å². The summed E-state index contributed by atoms with van der Waals surface area (Å²) in [7, 11) is 3.61. The van der Waals surface area contributed by atoms with Gasteiger partial charge in [0.15, 0.2) is 5.82 Å². The van der Waals surface area contributed by atoms with Crippen LogP contribution in [0.5, 0.6) is 0 Å². The molecule has 8 heteroatoms. The predicted octanol–water partition coefficient (Wildman–Crippen LogP) is 3.50. The number of amides is 2. The molecule has 8 nitrogen and oxygen atoms in total. The van der Waals surface area contributed by atoms with Crippen molar-refractivity contribution in [3.63, 3.8) is 0 Å². The number of rotatable bonds is 6. The van der Waals surface area contributed by atoms with Crippen LogP contribution >= 0.6 is 0 Å². The number of fused-ring (bicyclic) bond motifs is 1. The average molecular weight is 449 g/mol. The van der Waals surface area contributed by atoms with E-state index in [2.05, 4.69) is 40.4 Å². The Labute approximate surface area is 194 Å². The highest BCUT2D eigenvalue weighted by Gasteiger charge is 2.30. The van der Waals surface area contributed by atoms with Gasteiger partial charge in [0.1, 0.15) is 5.82 Å². The van der Waals surface area contributed by atoms with Gasteiger partial charge < -0.3 is 20.1 Å². The number of aryl methyl sites for hydroxylation is 2. The van der Waals surface area contributed by atoms with E-state index in [1.165, 1.54) is 5.56 Å². The Morgan fingerprint density at radius 3 is 2.76 bits per heavy atom. The smallest absolute Gasteiger partial charge is 0.227 e. The maximum absolute atomic E-state index is 13.1. The van der Waals surface area contributed by atoms with Crippen LogP contribution in [0.25, 0.3) is 10.9 Å². The van der Waals surface area contributed by atoms with Crippen molar-refractivity contribution in [1.29, 1.82) is 0 Å². The molecule has 1 saturated heterocycles. The van der Waals surface area contributed by atoms with E-state index in [1.54, 1.807) is 18.9 Å². The lowest BCUT2D eigenvalue weighted by atomic mass is 10.1. The summed E-state index contributed by atoms with van der Waals surface area (Å²) < 4.78 is 0. The summed E-state index contributed by atoms with van der Waals surface area (Å²) in [5.41, 5.74) is 5.03. The highest BCUT2D eigenvalue weighted by molar-refractivity contribution is 5.90. The molecule has 2 amide bonds. The third-order valence-electron chi connectivity index (χ3n) is 6.44. The fourth-order valence-corrected chi connectivity index (χ4v) is 4.63. The molecule has 1 aromatic carbocycles. The first kappa shape index (κ1) is 22.8. The molecule has 2 N–H and O–H groups in total. The molecular weight excluding hydrogens is 416 g/mol. The Balaban J connectivity index is 1.54. The van der Waals surface area contributed by atoms with Crippen molar-refractivity contribution in [2.75, 3.05) is 26.0 Å². The fourth-order valence-electron chi connectivity index (χ4n) is 4.63. The number of anilines is 1. The summed E-state index contributed by atoms with van der Waals surface area (Å²) in [6.45, 7) is 6.75. The van der Waals surface area contributed by atoms with Crippen molar-refractivity contribution in [2.45, 2.75) is 52.6 Å². The number of likely N-dealkylation sites (tertiary alicyclic amines) is 1. The van der Waals surface area contributed by atoms with Gasteiger partial charge in [-0.05, 0) is 44.4 Å². The van der Waals surface area contributed by atoms with E-state index in [-0.39, 0.29) is 17.9 Å². The van der Waals surface area contributed by atoms with E-state index in [1.807, 2.05) is 24.9 Å². The molecule has 2 aromatic heterocycles. The Morgan fingerprint density at radius 2 is 2.03 bits per heavy atom. The third-order valence-corrected chi connectivity index (χ3v) is 6.44. The van der Waals surface area contributed by atoms with Gasteiger partial charge in [0.25, 0.3) is 0 Å². The largest absolute Gasteiger partial charge is 0.373 e. The maximum atomic E-state index is 13.1. The Bertz CT molecular complexity index is 1200. The van der Waals surface area contributed by atoms with E-state index < -0.39 is 0 Å². The summed E-state index contributed by atoms with van der Waals surface area (Å²) >= 11 is 0. The molecule has 174 valence electrons. The molecule has 3 aromatic rings. The maximum Gasteiger partial charge on any atom is 0.227 e. The molecule has 0 spiro atoms. The number of nitrogens with zero attached hydrogens (tertiary/aromatic N) is 4. The molecule has 33 heavy (non-hydrogen) atoms. The summed E-state index contributed by atoms with van der Waals surface area (Å²) in [6, 6.07) is 8.00. The summed E-state index contributed by atoms with van der Waals surface area (Å²) in [5.74, 6) is 1.38. The molecule has 0 aliphatic carbocycles. The first-order valence-corrected chi connectivity index (χ1v) is 11.4. The third kappa shape index (κ3) is 4.69. The summed E-state index contributed by atoms with van der Waals surface area (Å²) in [5, 5.41) is 4.18. The van der Waals surface area contributed by atoms with E-state index in [0.29, 0.717) is 24.6 Å². The lowest BCUT2D eigenvalue weighted by Gasteiger charge is -2.23. The molecule has 1 fully saturated rings. The van der Waals surface area contributed by atoms with Crippen molar-refractivity contribution in [1.82, 2.24) is 24.8 Å². The predicted molar refractivity (Wildman–Crippen MR) is 129 cm³/mol.